The van der Waals surface area contributed by atoms with Crippen molar-refractivity contribution < 1.29 is 22.0 Å². The van der Waals surface area contributed by atoms with Gasteiger partial charge < -0.3 is 5.32 Å². The van der Waals surface area contributed by atoms with E-state index >= 15 is 0 Å². The first-order valence-corrected chi connectivity index (χ1v) is 5.72. The van der Waals surface area contributed by atoms with Gasteiger partial charge in [-0.3, -0.25) is 0 Å². The fourth-order valence-corrected chi connectivity index (χ4v) is 1.74. The summed E-state index contributed by atoms with van der Waals surface area (Å²) < 4.78 is 64.3. The van der Waals surface area contributed by atoms with Crippen molar-refractivity contribution in [3.8, 4) is 0 Å². The number of rotatable bonds is 3. The standard InChI is InChI=1S/C14H10F5N/c15-10-6-5-9(12(16)7-10)8-20-13-4-2-1-3-11(13)14(17,18)19/h1-7,20H,8H2. The third-order valence-corrected chi connectivity index (χ3v) is 2.72. The van der Waals surface area contributed by atoms with Gasteiger partial charge in [0, 0.05) is 23.9 Å². The van der Waals surface area contributed by atoms with Gasteiger partial charge in [-0.25, -0.2) is 8.78 Å². The van der Waals surface area contributed by atoms with Gasteiger partial charge >= 0.3 is 6.18 Å². The minimum atomic E-state index is -4.50. The monoisotopic (exact) mass is 287 g/mol. The number of benzene rings is 2. The van der Waals surface area contributed by atoms with E-state index in [0.717, 1.165) is 12.1 Å². The maximum atomic E-state index is 13.4. The molecule has 6 heteroatoms. The summed E-state index contributed by atoms with van der Waals surface area (Å²) in [5.74, 6) is -1.54. The van der Waals surface area contributed by atoms with Crippen molar-refractivity contribution in [2.75, 3.05) is 5.32 Å². The lowest BCUT2D eigenvalue weighted by Gasteiger charge is -2.14. The summed E-state index contributed by atoms with van der Waals surface area (Å²) in [7, 11) is 0. The molecule has 0 radical (unpaired) electrons. The van der Waals surface area contributed by atoms with Crippen LogP contribution in [0.4, 0.5) is 27.6 Å². The predicted octanol–water partition coefficient (Wildman–Crippen LogP) is 4.60. The molecule has 0 atom stereocenters. The Morgan fingerprint density at radius 1 is 0.950 bits per heavy atom. The Hall–Kier alpha value is -2.11. The fraction of sp³-hybridized carbons (Fsp3) is 0.143. The molecule has 2 aromatic carbocycles. The van der Waals surface area contributed by atoms with Crippen LogP contribution in [0.1, 0.15) is 11.1 Å². The number of hydrogen-bond acceptors (Lipinski definition) is 1. The van der Waals surface area contributed by atoms with Crippen molar-refractivity contribution in [3.63, 3.8) is 0 Å². The minimum absolute atomic E-state index is 0.0865. The molecule has 0 fully saturated rings. The van der Waals surface area contributed by atoms with E-state index in [2.05, 4.69) is 5.32 Å². The zero-order chi connectivity index (χ0) is 14.8. The van der Waals surface area contributed by atoms with Crippen LogP contribution in [0, 0.1) is 11.6 Å². The smallest absolute Gasteiger partial charge is 0.380 e. The highest BCUT2D eigenvalue weighted by atomic mass is 19.4. The average Bonchev–Trinajstić information content (AvgIpc) is 2.37. The predicted molar refractivity (Wildman–Crippen MR) is 65.1 cm³/mol. The fourth-order valence-electron chi connectivity index (χ4n) is 1.74. The number of anilines is 1. The third kappa shape index (κ3) is 3.26. The van der Waals surface area contributed by atoms with E-state index in [1.807, 2.05) is 0 Å². The van der Waals surface area contributed by atoms with Gasteiger partial charge in [-0.2, -0.15) is 13.2 Å². The van der Waals surface area contributed by atoms with Gasteiger partial charge in [-0.15, -0.1) is 0 Å². The molecule has 0 aliphatic rings. The van der Waals surface area contributed by atoms with E-state index in [0.29, 0.717) is 6.07 Å². The molecule has 0 aliphatic heterocycles. The van der Waals surface area contributed by atoms with Crippen molar-refractivity contribution >= 4 is 5.69 Å². The molecule has 1 N–H and O–H groups in total. The van der Waals surface area contributed by atoms with E-state index in [-0.39, 0.29) is 17.8 Å². The molecule has 106 valence electrons. The first kappa shape index (κ1) is 14.3. The van der Waals surface area contributed by atoms with Crippen molar-refractivity contribution in [2.24, 2.45) is 0 Å². The summed E-state index contributed by atoms with van der Waals surface area (Å²) in [5, 5.41) is 2.51. The van der Waals surface area contributed by atoms with Gasteiger partial charge in [0.1, 0.15) is 11.6 Å². The molecule has 20 heavy (non-hydrogen) atoms. The second kappa shape index (κ2) is 5.48. The van der Waals surface area contributed by atoms with Crippen LogP contribution in [-0.2, 0) is 12.7 Å². The van der Waals surface area contributed by atoms with Crippen LogP contribution in [-0.4, -0.2) is 0 Å². The van der Waals surface area contributed by atoms with Crippen molar-refractivity contribution in [2.45, 2.75) is 12.7 Å². The summed E-state index contributed by atoms with van der Waals surface area (Å²) in [6.07, 6.45) is -4.50. The highest BCUT2D eigenvalue weighted by molar-refractivity contribution is 5.52. The number of nitrogens with one attached hydrogen (secondary N) is 1. The van der Waals surface area contributed by atoms with Crippen LogP contribution in [0.25, 0.3) is 0 Å². The van der Waals surface area contributed by atoms with Crippen LogP contribution < -0.4 is 5.32 Å². The molecule has 2 rings (SSSR count). The van der Waals surface area contributed by atoms with Gasteiger partial charge in [0.25, 0.3) is 0 Å². The van der Waals surface area contributed by atoms with Crippen LogP contribution in [0.15, 0.2) is 42.5 Å². The molecule has 0 bridgehead atoms. The van der Waals surface area contributed by atoms with Crippen molar-refractivity contribution in [1.82, 2.24) is 0 Å². The third-order valence-electron chi connectivity index (χ3n) is 2.72. The topological polar surface area (TPSA) is 12.0 Å². The zero-order valence-corrected chi connectivity index (χ0v) is 10.1. The molecule has 0 spiro atoms. The molecule has 0 saturated carbocycles. The van der Waals surface area contributed by atoms with Gasteiger partial charge in [-0.05, 0) is 18.2 Å². The molecule has 0 amide bonds. The van der Waals surface area contributed by atoms with E-state index < -0.39 is 23.4 Å². The summed E-state index contributed by atoms with van der Waals surface area (Å²) in [6, 6.07) is 7.83. The van der Waals surface area contributed by atoms with Gasteiger partial charge in [-0.1, -0.05) is 18.2 Å². The molecule has 0 aliphatic carbocycles. The van der Waals surface area contributed by atoms with Gasteiger partial charge in [0.05, 0.1) is 5.56 Å². The average molecular weight is 287 g/mol. The largest absolute Gasteiger partial charge is 0.418 e. The molecule has 0 saturated heterocycles. The highest BCUT2D eigenvalue weighted by Crippen LogP contribution is 2.34. The Balaban J connectivity index is 2.19. The maximum absolute atomic E-state index is 13.4. The summed E-state index contributed by atoms with van der Waals surface area (Å²) >= 11 is 0. The first-order valence-electron chi connectivity index (χ1n) is 5.72. The first-order chi connectivity index (χ1) is 9.38. The number of para-hydroxylation sites is 1. The molecular formula is C14H10F5N. The normalized spacial score (nSPS) is 11.4. The van der Waals surface area contributed by atoms with Crippen molar-refractivity contribution in [1.29, 1.82) is 0 Å². The molecule has 0 aromatic heterocycles. The Morgan fingerprint density at radius 3 is 2.30 bits per heavy atom. The van der Waals surface area contributed by atoms with Crippen molar-refractivity contribution in [3.05, 3.63) is 65.2 Å². The van der Waals surface area contributed by atoms with E-state index in [1.165, 1.54) is 24.3 Å². The Kier molecular flexibility index (Phi) is 3.92. The summed E-state index contributed by atoms with van der Waals surface area (Å²) in [5.41, 5.74) is -0.894. The van der Waals surface area contributed by atoms with Crippen LogP contribution in [0.3, 0.4) is 0 Å². The lowest BCUT2D eigenvalue weighted by molar-refractivity contribution is -0.136. The second-order valence-electron chi connectivity index (χ2n) is 4.13. The van der Waals surface area contributed by atoms with Crippen LogP contribution in [0.2, 0.25) is 0 Å². The maximum Gasteiger partial charge on any atom is 0.418 e. The van der Waals surface area contributed by atoms with Gasteiger partial charge in [0.15, 0.2) is 0 Å². The molecule has 1 nitrogen and oxygen atoms in total. The zero-order valence-electron chi connectivity index (χ0n) is 10.1. The van der Waals surface area contributed by atoms with Gasteiger partial charge in [0.2, 0.25) is 0 Å². The number of alkyl halides is 3. The second-order valence-corrected chi connectivity index (χ2v) is 4.13. The Bertz CT molecular complexity index is 607. The lowest BCUT2D eigenvalue weighted by Crippen LogP contribution is -2.11. The van der Waals surface area contributed by atoms with E-state index in [4.69, 9.17) is 0 Å². The highest BCUT2D eigenvalue weighted by Gasteiger charge is 2.33. The molecular weight excluding hydrogens is 277 g/mol. The minimum Gasteiger partial charge on any atom is -0.380 e. The Morgan fingerprint density at radius 2 is 1.65 bits per heavy atom. The number of halogens is 5. The SMILES string of the molecule is Fc1ccc(CNc2ccccc2C(F)(F)F)c(F)c1. The quantitative estimate of drug-likeness (QED) is 0.814. The van der Waals surface area contributed by atoms with Crippen LogP contribution in [0.5, 0.6) is 0 Å². The lowest BCUT2D eigenvalue weighted by atomic mass is 10.1. The Labute approximate surface area is 112 Å². The van der Waals surface area contributed by atoms with E-state index in [9.17, 15) is 22.0 Å². The summed E-state index contributed by atoms with van der Waals surface area (Å²) in [6.45, 7) is -0.167. The molecule has 0 heterocycles. The molecule has 0 unspecified atom stereocenters. The number of hydrogen-bond donors (Lipinski definition) is 1. The summed E-state index contributed by atoms with van der Waals surface area (Å²) in [4.78, 5) is 0. The van der Waals surface area contributed by atoms with Crippen LogP contribution >= 0.6 is 0 Å². The van der Waals surface area contributed by atoms with E-state index in [1.54, 1.807) is 0 Å². The molecule has 2 aromatic rings.